The van der Waals surface area contributed by atoms with Crippen LogP contribution in [0.3, 0.4) is 0 Å². The van der Waals surface area contributed by atoms with Crippen molar-refractivity contribution in [2.24, 2.45) is 0 Å². The Balaban J connectivity index is 2.34. The summed E-state index contributed by atoms with van der Waals surface area (Å²) >= 11 is 4.73. The van der Waals surface area contributed by atoms with Crippen molar-refractivity contribution < 1.29 is 13.9 Å². The van der Waals surface area contributed by atoms with Crippen molar-refractivity contribution in [2.75, 3.05) is 6.61 Å². The molecule has 0 fully saturated rings. The highest BCUT2D eigenvalue weighted by atomic mass is 79.9. The van der Waals surface area contributed by atoms with Crippen LogP contribution < -0.4 is 0 Å². The molecule has 114 valence electrons. The molecule has 0 radical (unpaired) electrons. The first-order valence-electron chi connectivity index (χ1n) is 6.67. The van der Waals surface area contributed by atoms with Gasteiger partial charge in [-0.05, 0) is 58.8 Å². The van der Waals surface area contributed by atoms with E-state index < -0.39 is 5.97 Å². The molecule has 2 rings (SSSR count). The van der Waals surface area contributed by atoms with Gasteiger partial charge in [-0.25, -0.2) is 9.18 Å². The molecule has 0 bridgehead atoms. The lowest BCUT2D eigenvalue weighted by atomic mass is 10.2. The third-order valence-electron chi connectivity index (χ3n) is 2.68. The van der Waals surface area contributed by atoms with Crippen molar-refractivity contribution in [3.8, 4) is 0 Å². The number of thioether (sulfide) groups is 1. The second kappa shape index (κ2) is 8.15. The minimum Gasteiger partial charge on any atom is -0.462 e. The summed E-state index contributed by atoms with van der Waals surface area (Å²) in [5.74, 6) is -0.768. The fourth-order valence-corrected chi connectivity index (χ4v) is 3.14. The Kier molecular flexibility index (Phi) is 6.21. The van der Waals surface area contributed by atoms with E-state index in [0.29, 0.717) is 10.5 Å². The Morgan fingerprint density at radius 2 is 2.05 bits per heavy atom. The van der Waals surface area contributed by atoms with Gasteiger partial charge in [0.15, 0.2) is 0 Å². The maximum Gasteiger partial charge on any atom is 0.344 e. The van der Waals surface area contributed by atoms with Crippen LogP contribution in [-0.2, 0) is 9.53 Å². The summed E-state index contributed by atoms with van der Waals surface area (Å²) in [6.45, 7) is 2.04. The lowest BCUT2D eigenvalue weighted by Gasteiger charge is -2.08. The molecule has 5 heteroatoms. The molecule has 0 unspecified atom stereocenters. The summed E-state index contributed by atoms with van der Waals surface area (Å²) in [7, 11) is 0. The molecule has 0 spiro atoms. The Morgan fingerprint density at radius 3 is 2.73 bits per heavy atom. The largest absolute Gasteiger partial charge is 0.462 e. The lowest BCUT2D eigenvalue weighted by molar-refractivity contribution is -0.137. The Labute approximate surface area is 141 Å². The van der Waals surface area contributed by atoms with Gasteiger partial charge in [0.05, 0.1) is 11.5 Å². The van der Waals surface area contributed by atoms with Crippen molar-refractivity contribution in [1.29, 1.82) is 0 Å². The molecule has 2 nitrogen and oxygen atoms in total. The number of ether oxygens (including phenoxy) is 1. The normalized spacial score (nSPS) is 11.3. The minimum absolute atomic E-state index is 0.288. The monoisotopic (exact) mass is 380 g/mol. The van der Waals surface area contributed by atoms with E-state index in [1.807, 2.05) is 24.3 Å². The molecule has 22 heavy (non-hydrogen) atoms. The average molecular weight is 381 g/mol. The molecule has 0 aromatic heterocycles. The number of hydrogen-bond donors (Lipinski definition) is 0. The molecule has 0 aliphatic rings. The van der Waals surface area contributed by atoms with Gasteiger partial charge in [-0.1, -0.05) is 36.0 Å². The predicted molar refractivity (Wildman–Crippen MR) is 91.0 cm³/mol. The summed E-state index contributed by atoms with van der Waals surface area (Å²) in [6.07, 6.45) is 1.63. The molecular weight excluding hydrogens is 367 g/mol. The number of carbonyl (C=O) groups excluding carboxylic acids is 1. The first-order valence-corrected chi connectivity index (χ1v) is 8.28. The maximum absolute atomic E-state index is 13.3. The summed E-state index contributed by atoms with van der Waals surface area (Å²) in [5.41, 5.74) is 0.614. The van der Waals surface area contributed by atoms with Crippen LogP contribution in [0.2, 0.25) is 0 Å². The van der Waals surface area contributed by atoms with Gasteiger partial charge in [0.25, 0.3) is 0 Å². The fraction of sp³-hybridized carbons (Fsp3) is 0.118. The van der Waals surface area contributed by atoms with Crippen molar-refractivity contribution in [3.05, 3.63) is 69.3 Å². The molecule has 0 atom stereocenters. The molecule has 0 saturated carbocycles. The van der Waals surface area contributed by atoms with Gasteiger partial charge in [-0.2, -0.15) is 0 Å². The second-order valence-corrected chi connectivity index (χ2v) is 6.25. The van der Waals surface area contributed by atoms with E-state index >= 15 is 0 Å². The molecule has 0 saturated heterocycles. The highest BCUT2D eigenvalue weighted by molar-refractivity contribution is 9.10. The molecular formula is C17H14BrFO2S. The summed E-state index contributed by atoms with van der Waals surface area (Å²) in [6, 6.07) is 13.7. The number of esters is 1. The van der Waals surface area contributed by atoms with Crippen LogP contribution in [-0.4, -0.2) is 12.6 Å². The Morgan fingerprint density at radius 1 is 1.27 bits per heavy atom. The van der Waals surface area contributed by atoms with Crippen molar-refractivity contribution in [1.82, 2.24) is 0 Å². The topological polar surface area (TPSA) is 26.3 Å². The van der Waals surface area contributed by atoms with E-state index in [2.05, 4.69) is 15.9 Å². The van der Waals surface area contributed by atoms with Crippen LogP contribution in [0, 0.1) is 5.82 Å². The SMILES string of the molecule is CCOC(=O)/C(=C/c1cccc(F)c1)Sc1ccccc1Br. The van der Waals surface area contributed by atoms with Crippen LogP contribution in [0.25, 0.3) is 6.08 Å². The van der Waals surface area contributed by atoms with Crippen LogP contribution >= 0.6 is 27.7 Å². The van der Waals surface area contributed by atoms with Crippen LogP contribution in [0.5, 0.6) is 0 Å². The van der Waals surface area contributed by atoms with Gasteiger partial charge in [-0.3, -0.25) is 0 Å². The van der Waals surface area contributed by atoms with Gasteiger partial charge in [-0.15, -0.1) is 0 Å². The van der Waals surface area contributed by atoms with Gasteiger partial charge in [0.1, 0.15) is 5.82 Å². The second-order valence-electron chi connectivity index (χ2n) is 4.32. The van der Waals surface area contributed by atoms with E-state index in [1.165, 1.54) is 23.9 Å². The fourth-order valence-electron chi connectivity index (χ4n) is 1.73. The van der Waals surface area contributed by atoms with Crippen LogP contribution in [0.1, 0.15) is 12.5 Å². The van der Waals surface area contributed by atoms with E-state index in [9.17, 15) is 9.18 Å². The highest BCUT2D eigenvalue weighted by Gasteiger charge is 2.14. The van der Waals surface area contributed by atoms with E-state index in [0.717, 1.165) is 9.37 Å². The quantitative estimate of drug-likeness (QED) is 0.400. The summed E-state index contributed by atoms with van der Waals surface area (Å²) in [4.78, 5) is 13.4. The predicted octanol–water partition coefficient (Wildman–Crippen LogP) is 5.28. The minimum atomic E-state index is -0.424. The van der Waals surface area contributed by atoms with Crippen LogP contribution in [0.15, 0.2) is 62.8 Å². The lowest BCUT2D eigenvalue weighted by Crippen LogP contribution is -2.05. The van der Waals surface area contributed by atoms with Crippen molar-refractivity contribution in [2.45, 2.75) is 11.8 Å². The van der Waals surface area contributed by atoms with E-state index in [4.69, 9.17) is 4.74 Å². The molecule has 0 aliphatic heterocycles. The molecule has 2 aromatic rings. The van der Waals surface area contributed by atoms with Gasteiger partial charge in [0.2, 0.25) is 0 Å². The molecule has 0 amide bonds. The van der Waals surface area contributed by atoms with Gasteiger partial charge in [0, 0.05) is 9.37 Å². The maximum atomic E-state index is 13.3. The zero-order chi connectivity index (χ0) is 15.9. The zero-order valence-corrected chi connectivity index (χ0v) is 14.3. The zero-order valence-electron chi connectivity index (χ0n) is 11.9. The number of rotatable bonds is 5. The van der Waals surface area contributed by atoms with E-state index in [1.54, 1.807) is 25.1 Å². The number of benzene rings is 2. The Hall–Kier alpha value is -1.59. The first kappa shape index (κ1) is 16.8. The van der Waals surface area contributed by atoms with Gasteiger partial charge < -0.3 is 4.74 Å². The Bertz CT molecular complexity index is 701. The molecule has 0 N–H and O–H groups in total. The molecule has 0 heterocycles. The van der Waals surface area contributed by atoms with Gasteiger partial charge >= 0.3 is 5.97 Å². The third kappa shape index (κ3) is 4.71. The number of halogens is 2. The number of carbonyl (C=O) groups is 1. The highest BCUT2D eigenvalue weighted by Crippen LogP contribution is 2.34. The third-order valence-corrected chi connectivity index (χ3v) is 4.71. The van der Waals surface area contributed by atoms with E-state index in [-0.39, 0.29) is 12.4 Å². The summed E-state index contributed by atoms with van der Waals surface area (Å²) < 4.78 is 19.3. The van der Waals surface area contributed by atoms with Crippen molar-refractivity contribution >= 4 is 39.7 Å². The smallest absolute Gasteiger partial charge is 0.344 e. The average Bonchev–Trinajstić information content (AvgIpc) is 2.49. The summed E-state index contributed by atoms with van der Waals surface area (Å²) in [5, 5.41) is 0. The molecule has 0 aliphatic carbocycles. The van der Waals surface area contributed by atoms with Crippen molar-refractivity contribution in [3.63, 3.8) is 0 Å². The standard InChI is InChI=1S/C17H14BrFO2S/c1-2-21-17(20)16(11-12-6-5-7-13(19)10-12)22-15-9-4-3-8-14(15)18/h3-11H,2H2,1H3/b16-11-. The van der Waals surface area contributed by atoms with Crippen LogP contribution in [0.4, 0.5) is 4.39 Å². The first-order chi connectivity index (χ1) is 10.6. The number of hydrogen-bond acceptors (Lipinski definition) is 3. The molecule has 2 aromatic carbocycles.